The monoisotopic (exact) mass is 362 g/mol. The van der Waals surface area contributed by atoms with Gasteiger partial charge in [-0.15, -0.1) is 0 Å². The molecule has 1 aromatic heterocycles. The summed E-state index contributed by atoms with van der Waals surface area (Å²) in [6.07, 6.45) is 2.23. The molecule has 6 heteroatoms. The molecule has 0 fully saturated rings. The highest BCUT2D eigenvalue weighted by molar-refractivity contribution is 5.93. The van der Waals surface area contributed by atoms with Gasteiger partial charge in [-0.1, -0.05) is 60.2 Å². The molecule has 0 spiro atoms. The lowest BCUT2D eigenvalue weighted by molar-refractivity contribution is -0.123. The Morgan fingerprint density at radius 3 is 2.48 bits per heavy atom. The minimum absolute atomic E-state index is 0.00535. The fourth-order valence-corrected chi connectivity index (χ4v) is 3.70. The fraction of sp³-hybridized carbons (Fsp3) is 0.286. The number of benzene rings is 2. The summed E-state index contributed by atoms with van der Waals surface area (Å²) in [6, 6.07) is 18.4. The maximum Gasteiger partial charge on any atom is 0.255 e. The largest absolute Gasteiger partial charge is 0.375 e. The van der Waals surface area contributed by atoms with Crippen LogP contribution >= 0.6 is 0 Å². The molecule has 1 amide bonds. The van der Waals surface area contributed by atoms with Crippen LogP contribution in [-0.2, 0) is 9.53 Å². The molecule has 2 unspecified atom stereocenters. The molecular formula is C21H22N4O2. The standard InChI is InChI=1S/C21H22N4O2/c1-15-8-10-17(11-9-15)19-12-18(16-6-4-3-5-7-16)24(20(26)13-27-2)21-22-14-23-25(19)21/h3-11,14,18-19H,12-13H2,1-2H3. The number of aromatic nitrogens is 3. The molecule has 0 bridgehead atoms. The van der Waals surface area contributed by atoms with Gasteiger partial charge in [0.1, 0.15) is 12.9 Å². The van der Waals surface area contributed by atoms with E-state index in [1.54, 1.807) is 4.90 Å². The average molecular weight is 362 g/mol. The first-order valence-corrected chi connectivity index (χ1v) is 9.01. The number of fused-ring (bicyclic) bond motifs is 1. The van der Waals surface area contributed by atoms with Gasteiger partial charge in [0.05, 0.1) is 12.1 Å². The van der Waals surface area contributed by atoms with Crippen molar-refractivity contribution < 1.29 is 9.53 Å². The zero-order valence-electron chi connectivity index (χ0n) is 15.4. The first-order valence-electron chi connectivity index (χ1n) is 9.01. The smallest absolute Gasteiger partial charge is 0.255 e. The van der Waals surface area contributed by atoms with Gasteiger partial charge in [0.25, 0.3) is 5.91 Å². The number of anilines is 1. The highest BCUT2D eigenvalue weighted by Crippen LogP contribution is 2.41. The highest BCUT2D eigenvalue weighted by Gasteiger charge is 2.39. The van der Waals surface area contributed by atoms with Crippen LogP contribution in [0.4, 0.5) is 5.95 Å². The lowest BCUT2D eigenvalue weighted by atomic mass is 9.91. The van der Waals surface area contributed by atoms with Crippen LogP contribution in [0.3, 0.4) is 0 Å². The molecule has 3 aromatic rings. The first kappa shape index (κ1) is 17.4. The Morgan fingerprint density at radius 2 is 1.78 bits per heavy atom. The van der Waals surface area contributed by atoms with E-state index in [4.69, 9.17) is 4.74 Å². The van der Waals surface area contributed by atoms with E-state index in [0.29, 0.717) is 5.95 Å². The maximum absolute atomic E-state index is 12.9. The number of nitrogens with zero attached hydrogens (tertiary/aromatic N) is 4. The number of hydrogen-bond donors (Lipinski definition) is 0. The minimum atomic E-state index is -0.128. The third kappa shape index (κ3) is 3.24. The number of methoxy groups -OCH3 is 1. The lowest BCUT2D eigenvalue weighted by Gasteiger charge is -2.39. The zero-order chi connectivity index (χ0) is 18.8. The number of carbonyl (C=O) groups excluding carboxylic acids is 1. The summed E-state index contributed by atoms with van der Waals surface area (Å²) in [6.45, 7) is 2.08. The first-order chi connectivity index (χ1) is 13.2. The predicted octanol–water partition coefficient (Wildman–Crippen LogP) is 3.30. The van der Waals surface area contributed by atoms with E-state index in [9.17, 15) is 4.79 Å². The second kappa shape index (κ2) is 7.32. The quantitative estimate of drug-likeness (QED) is 0.714. The topological polar surface area (TPSA) is 60.2 Å². The molecule has 27 heavy (non-hydrogen) atoms. The molecule has 1 aliphatic rings. The van der Waals surface area contributed by atoms with Gasteiger partial charge in [-0.05, 0) is 24.5 Å². The number of amides is 1. The zero-order valence-corrected chi connectivity index (χ0v) is 15.4. The van der Waals surface area contributed by atoms with Gasteiger partial charge in [0.2, 0.25) is 5.95 Å². The van der Waals surface area contributed by atoms with Crippen LogP contribution in [0.5, 0.6) is 0 Å². The van der Waals surface area contributed by atoms with Gasteiger partial charge in [-0.2, -0.15) is 10.1 Å². The van der Waals surface area contributed by atoms with Crippen LogP contribution in [0, 0.1) is 6.92 Å². The molecule has 4 rings (SSSR count). The van der Waals surface area contributed by atoms with Gasteiger partial charge >= 0.3 is 0 Å². The Hall–Kier alpha value is -2.99. The summed E-state index contributed by atoms with van der Waals surface area (Å²) in [5, 5.41) is 4.43. The van der Waals surface area contributed by atoms with Crippen LogP contribution in [0.25, 0.3) is 0 Å². The average Bonchev–Trinajstić information content (AvgIpc) is 3.18. The molecule has 2 heterocycles. The Morgan fingerprint density at radius 1 is 1.07 bits per heavy atom. The summed E-state index contributed by atoms with van der Waals surface area (Å²) in [5.74, 6) is 0.436. The Bertz CT molecular complexity index is 921. The fourth-order valence-electron chi connectivity index (χ4n) is 3.70. The Labute approximate surface area is 158 Å². The van der Waals surface area contributed by atoms with Crippen LogP contribution in [-0.4, -0.2) is 34.4 Å². The summed E-state index contributed by atoms with van der Waals surface area (Å²) >= 11 is 0. The molecule has 0 radical (unpaired) electrons. The van der Waals surface area contributed by atoms with Crippen molar-refractivity contribution in [2.45, 2.75) is 25.4 Å². The molecule has 6 nitrogen and oxygen atoms in total. The predicted molar refractivity (Wildman–Crippen MR) is 103 cm³/mol. The van der Waals surface area contributed by atoms with Crippen molar-refractivity contribution in [2.75, 3.05) is 18.6 Å². The highest BCUT2D eigenvalue weighted by atomic mass is 16.5. The van der Waals surface area contributed by atoms with Crippen LogP contribution < -0.4 is 4.90 Å². The molecule has 138 valence electrons. The van der Waals surface area contributed by atoms with Gasteiger partial charge in [-0.25, -0.2) is 4.68 Å². The van der Waals surface area contributed by atoms with E-state index < -0.39 is 0 Å². The molecule has 1 aliphatic heterocycles. The number of carbonyl (C=O) groups is 1. The molecule has 0 N–H and O–H groups in total. The molecule has 0 saturated carbocycles. The Balaban J connectivity index is 1.82. The summed E-state index contributed by atoms with van der Waals surface area (Å²) < 4.78 is 6.95. The molecule has 0 saturated heterocycles. The normalized spacial score (nSPS) is 19.0. The SMILES string of the molecule is COCC(=O)N1c2ncnn2C(c2ccc(C)cc2)CC1c1ccccc1. The van der Waals surface area contributed by atoms with Crippen LogP contribution in [0.1, 0.15) is 35.2 Å². The third-order valence-electron chi connectivity index (χ3n) is 5.01. The van der Waals surface area contributed by atoms with Crippen molar-refractivity contribution in [1.82, 2.24) is 14.8 Å². The van der Waals surface area contributed by atoms with Gasteiger partial charge in [0, 0.05) is 7.11 Å². The van der Waals surface area contributed by atoms with E-state index in [1.807, 2.05) is 22.9 Å². The summed E-state index contributed by atoms with van der Waals surface area (Å²) in [5.41, 5.74) is 3.45. The van der Waals surface area contributed by atoms with Crippen LogP contribution in [0.2, 0.25) is 0 Å². The molecule has 2 atom stereocenters. The van der Waals surface area contributed by atoms with Crippen molar-refractivity contribution in [2.24, 2.45) is 0 Å². The van der Waals surface area contributed by atoms with Crippen molar-refractivity contribution >= 4 is 11.9 Å². The van der Waals surface area contributed by atoms with Crippen LogP contribution in [0.15, 0.2) is 60.9 Å². The number of rotatable bonds is 4. The maximum atomic E-state index is 12.9. The van der Waals surface area contributed by atoms with E-state index in [1.165, 1.54) is 19.0 Å². The lowest BCUT2D eigenvalue weighted by Crippen LogP contribution is -2.44. The van der Waals surface area contributed by atoms with Gasteiger partial charge < -0.3 is 4.74 Å². The summed E-state index contributed by atoms with van der Waals surface area (Å²) in [7, 11) is 1.53. The van der Waals surface area contributed by atoms with Crippen molar-refractivity contribution in [3.8, 4) is 0 Å². The molecule has 0 aliphatic carbocycles. The van der Waals surface area contributed by atoms with Gasteiger partial charge in [0.15, 0.2) is 0 Å². The van der Waals surface area contributed by atoms with Gasteiger partial charge in [-0.3, -0.25) is 9.69 Å². The second-order valence-electron chi connectivity index (χ2n) is 6.79. The molecule has 2 aromatic carbocycles. The van der Waals surface area contributed by atoms with E-state index >= 15 is 0 Å². The molecular weight excluding hydrogens is 340 g/mol. The van der Waals surface area contributed by atoms with E-state index in [-0.39, 0.29) is 24.6 Å². The van der Waals surface area contributed by atoms with E-state index in [0.717, 1.165) is 17.5 Å². The van der Waals surface area contributed by atoms with Crippen molar-refractivity contribution in [3.63, 3.8) is 0 Å². The number of hydrogen-bond acceptors (Lipinski definition) is 4. The Kier molecular flexibility index (Phi) is 4.73. The number of ether oxygens (including phenoxy) is 1. The van der Waals surface area contributed by atoms with E-state index in [2.05, 4.69) is 53.4 Å². The summed E-state index contributed by atoms with van der Waals surface area (Å²) in [4.78, 5) is 19.0. The second-order valence-corrected chi connectivity index (χ2v) is 6.79. The number of aryl methyl sites for hydroxylation is 1. The minimum Gasteiger partial charge on any atom is -0.375 e. The third-order valence-corrected chi connectivity index (χ3v) is 5.01. The van der Waals surface area contributed by atoms with Crippen molar-refractivity contribution in [1.29, 1.82) is 0 Å². The van der Waals surface area contributed by atoms with Crippen molar-refractivity contribution in [3.05, 3.63) is 77.6 Å².